The third-order valence-corrected chi connectivity index (χ3v) is 3.11. The van der Waals surface area contributed by atoms with Crippen LogP contribution in [0.5, 0.6) is 0 Å². The fourth-order valence-corrected chi connectivity index (χ4v) is 1.73. The second kappa shape index (κ2) is 7.41. The Balaban J connectivity index is 2.80. The summed E-state index contributed by atoms with van der Waals surface area (Å²) in [6, 6.07) is 0.508. The van der Waals surface area contributed by atoms with Gasteiger partial charge in [-0.1, -0.05) is 0 Å². The lowest BCUT2D eigenvalue weighted by Gasteiger charge is -2.29. The molecule has 0 aromatic carbocycles. The molecule has 1 unspecified atom stereocenters. The first-order chi connectivity index (χ1) is 10.2. The van der Waals surface area contributed by atoms with Crippen molar-refractivity contribution in [2.24, 2.45) is 0 Å². The van der Waals surface area contributed by atoms with Gasteiger partial charge in [0.1, 0.15) is 5.82 Å². The molecule has 9 heteroatoms. The number of anilines is 1. The lowest BCUT2D eigenvalue weighted by atomic mass is 10.2. The fraction of sp³-hybridized carbons (Fsp3) is 0.538. The minimum Gasteiger partial charge on any atom is -0.354 e. The maximum Gasteiger partial charge on any atom is 0.416 e. The zero-order valence-corrected chi connectivity index (χ0v) is 12.6. The number of aromatic nitrogens is 1. The van der Waals surface area contributed by atoms with Crippen LogP contribution in [-0.2, 0) is 15.7 Å². The molecule has 1 atom stereocenters. The first kappa shape index (κ1) is 18.2. The molecule has 0 radical (unpaired) electrons. The van der Waals surface area contributed by atoms with E-state index in [1.165, 1.54) is 26.2 Å². The summed E-state index contributed by atoms with van der Waals surface area (Å²) in [5.74, 6) is -0.190. The number of rotatable bonds is 5. The standard InChI is InChI=1S/C13H18F3N3O3/c1-8(11(21-3)22-4)19(2)12(20)18-10-7-9(5-6-17-10)13(14,15)16/h5-8,11H,1-4H3,(H,17,18,20). The van der Waals surface area contributed by atoms with Crippen LogP contribution in [0.25, 0.3) is 0 Å². The Morgan fingerprint density at radius 3 is 2.45 bits per heavy atom. The van der Waals surface area contributed by atoms with Crippen molar-refractivity contribution in [1.29, 1.82) is 0 Å². The normalized spacial score (nSPS) is 13.1. The Kier molecular flexibility index (Phi) is 6.12. The molecule has 1 N–H and O–H groups in total. The van der Waals surface area contributed by atoms with Crippen molar-refractivity contribution in [2.45, 2.75) is 25.4 Å². The number of hydrogen-bond donors (Lipinski definition) is 1. The van der Waals surface area contributed by atoms with Gasteiger partial charge < -0.3 is 14.4 Å². The highest BCUT2D eigenvalue weighted by molar-refractivity contribution is 5.88. The SMILES string of the molecule is COC(OC)C(C)N(C)C(=O)Nc1cc(C(F)(F)F)ccn1. The Bertz CT molecular complexity index is 507. The zero-order chi connectivity index (χ0) is 16.9. The average molecular weight is 321 g/mol. The van der Waals surface area contributed by atoms with Crippen LogP contribution >= 0.6 is 0 Å². The van der Waals surface area contributed by atoms with Crippen LogP contribution in [0.1, 0.15) is 12.5 Å². The molecule has 1 heterocycles. The van der Waals surface area contributed by atoms with E-state index in [4.69, 9.17) is 9.47 Å². The summed E-state index contributed by atoms with van der Waals surface area (Å²) in [6.45, 7) is 1.68. The lowest BCUT2D eigenvalue weighted by molar-refractivity contribution is -0.137. The molecule has 6 nitrogen and oxygen atoms in total. The van der Waals surface area contributed by atoms with Gasteiger partial charge in [0.05, 0.1) is 11.6 Å². The molecular formula is C13H18F3N3O3. The molecule has 1 aromatic rings. The van der Waals surface area contributed by atoms with E-state index in [2.05, 4.69) is 10.3 Å². The number of nitrogens with one attached hydrogen (secondary N) is 1. The highest BCUT2D eigenvalue weighted by Crippen LogP contribution is 2.29. The van der Waals surface area contributed by atoms with Crippen molar-refractivity contribution in [3.05, 3.63) is 23.9 Å². The molecule has 0 saturated carbocycles. The molecule has 2 amide bonds. The summed E-state index contributed by atoms with van der Waals surface area (Å²) >= 11 is 0. The Labute approximate surface area is 126 Å². The van der Waals surface area contributed by atoms with Gasteiger partial charge in [-0.05, 0) is 19.1 Å². The molecule has 0 aliphatic carbocycles. The van der Waals surface area contributed by atoms with Gasteiger partial charge in [-0.3, -0.25) is 5.32 Å². The largest absolute Gasteiger partial charge is 0.416 e. The summed E-state index contributed by atoms with van der Waals surface area (Å²) in [5, 5.41) is 2.30. The summed E-state index contributed by atoms with van der Waals surface area (Å²) in [5.41, 5.74) is -0.889. The number of likely N-dealkylation sites (N-methyl/N-ethyl adjacent to an activating group) is 1. The highest BCUT2D eigenvalue weighted by atomic mass is 19.4. The monoisotopic (exact) mass is 321 g/mol. The van der Waals surface area contributed by atoms with Crippen LogP contribution in [0.2, 0.25) is 0 Å². The molecule has 0 fully saturated rings. The predicted molar refractivity (Wildman–Crippen MR) is 73.3 cm³/mol. The van der Waals surface area contributed by atoms with E-state index in [0.717, 1.165) is 18.3 Å². The smallest absolute Gasteiger partial charge is 0.354 e. The van der Waals surface area contributed by atoms with E-state index >= 15 is 0 Å². The van der Waals surface area contributed by atoms with E-state index in [1.54, 1.807) is 6.92 Å². The minimum absolute atomic E-state index is 0.190. The van der Waals surface area contributed by atoms with Crippen LogP contribution in [-0.4, -0.2) is 49.5 Å². The number of carbonyl (C=O) groups excluding carboxylic acids is 1. The number of urea groups is 1. The molecule has 1 rings (SSSR count). The van der Waals surface area contributed by atoms with Crippen LogP contribution in [0.15, 0.2) is 18.3 Å². The van der Waals surface area contributed by atoms with E-state index in [-0.39, 0.29) is 5.82 Å². The quantitative estimate of drug-likeness (QED) is 0.847. The number of methoxy groups -OCH3 is 2. The molecule has 1 aromatic heterocycles. The van der Waals surface area contributed by atoms with E-state index in [1.807, 2.05) is 0 Å². The van der Waals surface area contributed by atoms with Crippen molar-refractivity contribution < 1.29 is 27.4 Å². The van der Waals surface area contributed by atoms with Crippen molar-refractivity contribution in [2.75, 3.05) is 26.6 Å². The highest BCUT2D eigenvalue weighted by Gasteiger charge is 2.31. The fourth-order valence-electron chi connectivity index (χ4n) is 1.73. The summed E-state index contributed by atoms with van der Waals surface area (Å²) in [7, 11) is 4.31. The van der Waals surface area contributed by atoms with Gasteiger partial charge >= 0.3 is 12.2 Å². The molecule has 0 spiro atoms. The predicted octanol–water partition coefficient (Wildman–Crippen LogP) is 2.57. The van der Waals surface area contributed by atoms with E-state index in [0.29, 0.717) is 0 Å². The molecule has 0 aliphatic rings. The summed E-state index contributed by atoms with van der Waals surface area (Å²) in [4.78, 5) is 17.0. The van der Waals surface area contributed by atoms with Gasteiger partial charge in [0, 0.05) is 27.5 Å². The molecule has 0 aliphatic heterocycles. The first-order valence-corrected chi connectivity index (χ1v) is 6.33. The summed E-state index contributed by atoms with van der Waals surface area (Å²) < 4.78 is 47.9. The second-order valence-corrected chi connectivity index (χ2v) is 4.55. The van der Waals surface area contributed by atoms with Gasteiger partial charge in [0.2, 0.25) is 0 Å². The number of amides is 2. The van der Waals surface area contributed by atoms with Crippen LogP contribution in [0.3, 0.4) is 0 Å². The molecule has 124 valence electrons. The van der Waals surface area contributed by atoms with Gasteiger partial charge in [0.15, 0.2) is 6.29 Å². The number of pyridine rings is 1. The van der Waals surface area contributed by atoms with Gasteiger partial charge in [0.25, 0.3) is 0 Å². The number of carbonyl (C=O) groups is 1. The average Bonchev–Trinajstić information content (AvgIpc) is 2.47. The Morgan fingerprint density at radius 1 is 1.36 bits per heavy atom. The van der Waals surface area contributed by atoms with Gasteiger partial charge in [-0.25, -0.2) is 9.78 Å². The third kappa shape index (κ3) is 4.57. The van der Waals surface area contributed by atoms with E-state index < -0.39 is 30.1 Å². The second-order valence-electron chi connectivity index (χ2n) is 4.55. The number of hydrogen-bond acceptors (Lipinski definition) is 4. The topological polar surface area (TPSA) is 63.7 Å². The zero-order valence-electron chi connectivity index (χ0n) is 12.6. The minimum atomic E-state index is -4.50. The molecule has 22 heavy (non-hydrogen) atoms. The van der Waals surface area contributed by atoms with E-state index in [9.17, 15) is 18.0 Å². The van der Waals surface area contributed by atoms with Crippen molar-refractivity contribution >= 4 is 11.8 Å². The Morgan fingerprint density at radius 2 is 1.95 bits per heavy atom. The van der Waals surface area contributed by atoms with Crippen LogP contribution in [0.4, 0.5) is 23.8 Å². The van der Waals surface area contributed by atoms with Crippen LogP contribution < -0.4 is 5.32 Å². The first-order valence-electron chi connectivity index (χ1n) is 6.33. The Hall–Kier alpha value is -1.87. The molecule has 0 saturated heterocycles. The maximum absolute atomic E-state index is 12.6. The number of ether oxygens (including phenoxy) is 2. The number of halogens is 3. The van der Waals surface area contributed by atoms with Crippen molar-refractivity contribution in [3.8, 4) is 0 Å². The maximum atomic E-state index is 12.6. The van der Waals surface area contributed by atoms with Crippen molar-refractivity contribution in [1.82, 2.24) is 9.88 Å². The molecular weight excluding hydrogens is 303 g/mol. The van der Waals surface area contributed by atoms with Crippen LogP contribution in [0, 0.1) is 0 Å². The molecule has 0 bridgehead atoms. The lowest BCUT2D eigenvalue weighted by Crippen LogP contribution is -2.46. The van der Waals surface area contributed by atoms with Gasteiger partial charge in [-0.15, -0.1) is 0 Å². The summed E-state index contributed by atoms with van der Waals surface area (Å²) in [6.07, 6.45) is -4.18. The number of alkyl halides is 3. The van der Waals surface area contributed by atoms with Crippen molar-refractivity contribution in [3.63, 3.8) is 0 Å². The van der Waals surface area contributed by atoms with Gasteiger partial charge in [-0.2, -0.15) is 13.2 Å². The number of nitrogens with zero attached hydrogens (tertiary/aromatic N) is 2. The third-order valence-electron chi connectivity index (χ3n) is 3.11.